The highest BCUT2D eigenvalue weighted by Gasteiger charge is 2.47. The molecule has 3 aliphatic heterocycles. The minimum atomic E-state index is -1.21. The summed E-state index contributed by atoms with van der Waals surface area (Å²) in [5.74, 6) is -0.642. The summed E-state index contributed by atoms with van der Waals surface area (Å²) < 4.78 is 23.0. The summed E-state index contributed by atoms with van der Waals surface area (Å²) in [6, 6.07) is -2.28. The first-order valence-electron chi connectivity index (χ1n) is 14.4. The molecule has 0 aromatic heterocycles. The average Bonchev–Trinajstić information content (AvgIpc) is 3.54. The lowest BCUT2D eigenvalue weighted by atomic mass is 9.85. The maximum atomic E-state index is 13.7. The van der Waals surface area contributed by atoms with Gasteiger partial charge in [-0.25, -0.2) is 14.4 Å². The van der Waals surface area contributed by atoms with Crippen molar-refractivity contribution in [1.82, 2.24) is 15.1 Å². The van der Waals surface area contributed by atoms with Crippen molar-refractivity contribution < 1.29 is 43.2 Å². The molecule has 2 N–H and O–H groups in total. The van der Waals surface area contributed by atoms with Gasteiger partial charge in [0, 0.05) is 36.8 Å². The topological polar surface area (TPSA) is 144 Å². The standard InChI is InChI=1S/C30H43N3O9/c1-29(2,3)24-25(34)33-15-19(13-21(33)26(35)36)42-28(38)32-14-18-9-10-22(39-6)23(20(18)16-32)40-12-8-7-11-30(4,5)17-41-27(37)31-24/h7-10,18-21,24H,11-17H2,1-6H3,(H,31,37)(H,35,36). The number of alkyl carbamates (subject to hydrolysis) is 1. The summed E-state index contributed by atoms with van der Waals surface area (Å²) in [6.45, 7) is 10.3. The second-order valence-electron chi connectivity index (χ2n) is 13.2. The van der Waals surface area contributed by atoms with Crippen LogP contribution in [0.3, 0.4) is 0 Å². The van der Waals surface area contributed by atoms with Crippen LogP contribution in [0.15, 0.2) is 35.8 Å². The molecule has 0 aromatic rings. The van der Waals surface area contributed by atoms with Gasteiger partial charge in [0.25, 0.3) is 0 Å². The van der Waals surface area contributed by atoms with Gasteiger partial charge in [-0.1, -0.05) is 52.8 Å². The summed E-state index contributed by atoms with van der Waals surface area (Å²) in [4.78, 5) is 54.8. The number of allylic oxidation sites excluding steroid dienone is 2. The van der Waals surface area contributed by atoms with Gasteiger partial charge in [0.15, 0.2) is 5.76 Å². The number of nitrogens with zero attached hydrogens (tertiary/aromatic N) is 2. The zero-order chi connectivity index (χ0) is 30.8. The monoisotopic (exact) mass is 589 g/mol. The first-order chi connectivity index (χ1) is 19.7. The van der Waals surface area contributed by atoms with E-state index in [0.717, 1.165) is 0 Å². The third-order valence-corrected chi connectivity index (χ3v) is 8.16. The van der Waals surface area contributed by atoms with Crippen LogP contribution in [0.2, 0.25) is 0 Å². The Balaban J connectivity index is 1.62. The molecule has 12 heteroatoms. The predicted octanol–water partition coefficient (Wildman–Crippen LogP) is 3.30. The number of carboxylic acid groups (broad SMARTS) is 1. The highest BCUT2D eigenvalue weighted by atomic mass is 16.6. The number of amides is 3. The first-order valence-corrected chi connectivity index (χ1v) is 14.4. The summed E-state index contributed by atoms with van der Waals surface area (Å²) in [5, 5.41) is 12.6. The van der Waals surface area contributed by atoms with E-state index in [2.05, 4.69) is 5.32 Å². The quantitative estimate of drug-likeness (QED) is 0.464. The van der Waals surface area contributed by atoms with Gasteiger partial charge in [-0.05, 0) is 17.9 Å². The molecular weight excluding hydrogens is 546 g/mol. The number of fused-ring (bicyclic) bond motifs is 3. The van der Waals surface area contributed by atoms with E-state index in [1.54, 1.807) is 32.8 Å². The molecule has 1 aliphatic carbocycles. The summed E-state index contributed by atoms with van der Waals surface area (Å²) in [7, 11) is 1.57. The van der Waals surface area contributed by atoms with Crippen LogP contribution in [-0.4, -0.2) is 97.1 Å². The van der Waals surface area contributed by atoms with Gasteiger partial charge in [-0.2, -0.15) is 0 Å². The van der Waals surface area contributed by atoms with Gasteiger partial charge in [0.05, 0.1) is 20.3 Å². The third kappa shape index (κ3) is 7.01. The SMILES string of the molecule is COC1=C2OCC=CCC(C)(C)COC(=O)NC(C(C)(C)C)C(=O)N3CC(CC3C(=O)O)OC(=O)N3CC(C=C1)C2C3. The highest BCUT2D eigenvalue weighted by molar-refractivity contribution is 5.90. The molecular formula is C30H43N3O9. The number of nitrogens with one attached hydrogen (secondary N) is 1. The zero-order valence-electron chi connectivity index (χ0n) is 25.3. The molecule has 0 radical (unpaired) electrons. The van der Waals surface area contributed by atoms with Gasteiger partial charge in [-0.3, -0.25) is 4.79 Å². The van der Waals surface area contributed by atoms with E-state index < -0.39 is 53.1 Å². The van der Waals surface area contributed by atoms with Crippen LogP contribution < -0.4 is 5.32 Å². The fourth-order valence-corrected chi connectivity index (χ4v) is 5.75. The molecule has 4 aliphatic rings. The molecule has 3 amide bonds. The molecule has 0 spiro atoms. The lowest BCUT2D eigenvalue weighted by Crippen LogP contribution is -2.57. The van der Waals surface area contributed by atoms with Crippen LogP contribution in [0, 0.1) is 22.7 Å². The van der Waals surface area contributed by atoms with E-state index >= 15 is 0 Å². The lowest BCUT2D eigenvalue weighted by molar-refractivity contribution is -0.150. The number of hydrogen-bond acceptors (Lipinski definition) is 8. The molecule has 0 saturated carbocycles. The lowest BCUT2D eigenvalue weighted by Gasteiger charge is -2.34. The zero-order valence-corrected chi connectivity index (χ0v) is 25.3. The van der Waals surface area contributed by atoms with E-state index in [9.17, 15) is 24.3 Å². The molecule has 42 heavy (non-hydrogen) atoms. The Morgan fingerprint density at radius 1 is 1.12 bits per heavy atom. The van der Waals surface area contributed by atoms with E-state index in [0.29, 0.717) is 37.6 Å². The Hall–Kier alpha value is -3.70. The van der Waals surface area contributed by atoms with Gasteiger partial charge < -0.3 is 39.2 Å². The van der Waals surface area contributed by atoms with Crippen molar-refractivity contribution >= 4 is 24.1 Å². The number of methoxy groups -OCH3 is 1. The number of carbonyl (C=O) groups is 4. The minimum absolute atomic E-state index is 0.00828. The second kappa shape index (κ2) is 12.3. The molecule has 3 heterocycles. The van der Waals surface area contributed by atoms with Gasteiger partial charge in [0.1, 0.15) is 30.6 Å². The molecule has 5 unspecified atom stereocenters. The van der Waals surface area contributed by atoms with Crippen molar-refractivity contribution in [2.24, 2.45) is 22.7 Å². The fraction of sp³-hybridized carbons (Fsp3) is 0.667. The molecule has 2 fully saturated rings. The van der Waals surface area contributed by atoms with E-state index in [1.165, 1.54) is 4.90 Å². The van der Waals surface area contributed by atoms with Crippen molar-refractivity contribution in [3.63, 3.8) is 0 Å². The maximum absolute atomic E-state index is 13.7. The molecule has 4 bridgehead atoms. The second-order valence-corrected chi connectivity index (χ2v) is 13.2. The number of rotatable bonds is 2. The van der Waals surface area contributed by atoms with Crippen molar-refractivity contribution in [3.8, 4) is 0 Å². The maximum Gasteiger partial charge on any atom is 0.410 e. The fourth-order valence-electron chi connectivity index (χ4n) is 5.75. The number of carbonyl (C=O) groups excluding carboxylic acids is 3. The van der Waals surface area contributed by atoms with Gasteiger partial charge >= 0.3 is 18.2 Å². The van der Waals surface area contributed by atoms with Crippen LogP contribution in [0.25, 0.3) is 0 Å². The number of carboxylic acids is 1. The molecule has 232 valence electrons. The van der Waals surface area contributed by atoms with Crippen LogP contribution in [-0.2, 0) is 28.5 Å². The van der Waals surface area contributed by atoms with Crippen molar-refractivity contribution in [1.29, 1.82) is 0 Å². The number of hydrogen-bond donors (Lipinski definition) is 2. The number of ether oxygens (including phenoxy) is 4. The van der Waals surface area contributed by atoms with Crippen LogP contribution in [0.1, 0.15) is 47.5 Å². The van der Waals surface area contributed by atoms with E-state index in [-0.39, 0.29) is 31.4 Å². The van der Waals surface area contributed by atoms with Gasteiger partial charge in [-0.15, -0.1) is 0 Å². The molecule has 5 atom stereocenters. The third-order valence-electron chi connectivity index (χ3n) is 8.16. The van der Waals surface area contributed by atoms with E-state index in [4.69, 9.17) is 18.9 Å². The van der Waals surface area contributed by atoms with Crippen molar-refractivity contribution in [2.75, 3.05) is 40.0 Å². The molecule has 12 nitrogen and oxygen atoms in total. The van der Waals surface area contributed by atoms with Crippen LogP contribution in [0.5, 0.6) is 0 Å². The summed E-state index contributed by atoms with van der Waals surface area (Å²) >= 11 is 0. The Morgan fingerprint density at radius 3 is 2.52 bits per heavy atom. The van der Waals surface area contributed by atoms with Gasteiger partial charge in [0.2, 0.25) is 5.91 Å². The Morgan fingerprint density at radius 2 is 1.86 bits per heavy atom. The summed E-state index contributed by atoms with van der Waals surface area (Å²) in [5.41, 5.74) is -1.16. The van der Waals surface area contributed by atoms with Crippen LogP contribution >= 0.6 is 0 Å². The largest absolute Gasteiger partial charge is 0.493 e. The molecule has 2 saturated heterocycles. The Kier molecular flexibility index (Phi) is 9.12. The normalized spacial score (nSPS) is 30.6. The minimum Gasteiger partial charge on any atom is -0.493 e. The molecule has 4 rings (SSSR count). The van der Waals surface area contributed by atoms with Crippen molar-refractivity contribution in [3.05, 3.63) is 35.8 Å². The number of cyclic esters (lactones) is 1. The Bertz CT molecular complexity index is 1170. The first kappa shape index (κ1) is 31.2. The smallest absolute Gasteiger partial charge is 0.410 e. The van der Waals surface area contributed by atoms with Crippen molar-refractivity contribution in [2.45, 2.75) is 65.6 Å². The summed E-state index contributed by atoms with van der Waals surface area (Å²) in [6.07, 6.45) is 6.07. The highest BCUT2D eigenvalue weighted by Crippen LogP contribution is 2.38. The number of aliphatic carboxylic acids is 1. The van der Waals surface area contributed by atoms with Crippen LogP contribution in [0.4, 0.5) is 9.59 Å². The van der Waals surface area contributed by atoms with E-state index in [1.807, 2.05) is 38.2 Å². The Labute approximate surface area is 246 Å². The average molecular weight is 590 g/mol. The molecule has 0 aromatic carbocycles. The predicted molar refractivity (Wildman–Crippen MR) is 151 cm³/mol.